The van der Waals surface area contributed by atoms with Gasteiger partial charge in [0.2, 0.25) is 0 Å². The number of rotatable bonds is 8. The van der Waals surface area contributed by atoms with E-state index in [0.717, 1.165) is 24.0 Å². The monoisotopic (exact) mass is 303 g/mol. The zero-order chi connectivity index (χ0) is 16.0. The van der Waals surface area contributed by atoms with Crippen molar-refractivity contribution in [1.29, 1.82) is 0 Å². The fraction of sp³-hybridized carbons (Fsp3) is 0.529. The van der Waals surface area contributed by atoms with Crippen molar-refractivity contribution in [1.82, 2.24) is 14.8 Å². The molecule has 0 fully saturated rings. The Morgan fingerprint density at radius 1 is 1.27 bits per heavy atom. The van der Waals surface area contributed by atoms with E-state index in [0.29, 0.717) is 13.2 Å². The molecule has 1 aromatic carbocycles. The summed E-state index contributed by atoms with van der Waals surface area (Å²) in [6.45, 7) is 6.97. The van der Waals surface area contributed by atoms with Gasteiger partial charge in [0.15, 0.2) is 0 Å². The molecule has 1 N–H and O–H groups in total. The Hall–Kier alpha value is -1.72. The summed E-state index contributed by atoms with van der Waals surface area (Å²) in [4.78, 5) is 3.97. The molecule has 0 saturated carbocycles. The molecule has 22 heavy (non-hydrogen) atoms. The number of aromatic nitrogens is 3. The number of aryl methyl sites for hydroxylation is 1. The summed E-state index contributed by atoms with van der Waals surface area (Å²) in [7, 11) is 0. The van der Waals surface area contributed by atoms with Crippen LogP contribution in [0.15, 0.2) is 36.9 Å². The predicted molar refractivity (Wildman–Crippen MR) is 85.4 cm³/mol. The molecule has 2 unspecified atom stereocenters. The molecule has 0 aliphatic carbocycles. The lowest BCUT2D eigenvalue weighted by Gasteiger charge is -2.36. The second-order valence-corrected chi connectivity index (χ2v) is 5.62. The van der Waals surface area contributed by atoms with E-state index in [9.17, 15) is 5.11 Å². The third kappa shape index (κ3) is 3.72. The van der Waals surface area contributed by atoms with Gasteiger partial charge in [0.25, 0.3) is 0 Å². The zero-order valence-electron chi connectivity index (χ0n) is 13.6. The summed E-state index contributed by atoms with van der Waals surface area (Å²) in [6, 6.07) is 7.95. The maximum absolute atomic E-state index is 11.5. The van der Waals surface area contributed by atoms with E-state index in [1.807, 2.05) is 38.1 Å². The largest absolute Gasteiger partial charge is 0.380 e. The highest BCUT2D eigenvalue weighted by Gasteiger charge is 2.39. The highest BCUT2D eigenvalue weighted by molar-refractivity contribution is 5.27. The van der Waals surface area contributed by atoms with E-state index in [1.165, 1.54) is 6.33 Å². The average Bonchev–Trinajstić information content (AvgIpc) is 3.00. The van der Waals surface area contributed by atoms with Gasteiger partial charge in [0.05, 0.1) is 12.6 Å². The third-order valence-corrected chi connectivity index (χ3v) is 3.87. The van der Waals surface area contributed by atoms with Gasteiger partial charge in [-0.3, -0.25) is 0 Å². The predicted octanol–water partition coefficient (Wildman–Crippen LogP) is 2.68. The zero-order valence-corrected chi connectivity index (χ0v) is 13.6. The van der Waals surface area contributed by atoms with Crippen LogP contribution >= 0.6 is 0 Å². The minimum Gasteiger partial charge on any atom is -0.380 e. The van der Waals surface area contributed by atoms with Crippen LogP contribution in [0.25, 0.3) is 0 Å². The van der Waals surface area contributed by atoms with Crippen LogP contribution in [-0.2, 0) is 16.9 Å². The van der Waals surface area contributed by atoms with E-state index in [2.05, 4.69) is 17.0 Å². The molecule has 5 nitrogen and oxygen atoms in total. The molecule has 0 saturated heterocycles. The van der Waals surface area contributed by atoms with E-state index in [1.54, 1.807) is 11.0 Å². The Morgan fingerprint density at radius 2 is 2.00 bits per heavy atom. The number of benzene rings is 1. The third-order valence-electron chi connectivity index (χ3n) is 3.87. The van der Waals surface area contributed by atoms with Crippen LogP contribution in [0.1, 0.15) is 37.8 Å². The standard InChI is InChI=1S/C17H25N3O2/c1-4-6-16(22-5-2)17(21,11-20-13-18-12-19-20)15-9-7-14(3)8-10-15/h7-10,12-13,16,21H,4-6,11H2,1-3H3. The Labute approximate surface area is 132 Å². The first-order valence-electron chi connectivity index (χ1n) is 7.83. The fourth-order valence-corrected chi connectivity index (χ4v) is 2.71. The maximum Gasteiger partial charge on any atom is 0.137 e. The average molecular weight is 303 g/mol. The van der Waals surface area contributed by atoms with Crippen molar-refractivity contribution in [3.8, 4) is 0 Å². The normalized spacial score (nSPS) is 15.5. The molecule has 2 aromatic rings. The van der Waals surface area contributed by atoms with Crippen molar-refractivity contribution >= 4 is 0 Å². The van der Waals surface area contributed by atoms with Crippen molar-refractivity contribution in [2.45, 2.75) is 51.9 Å². The number of nitrogens with zero attached hydrogens (tertiary/aromatic N) is 3. The van der Waals surface area contributed by atoms with Gasteiger partial charge < -0.3 is 9.84 Å². The molecule has 120 valence electrons. The minimum absolute atomic E-state index is 0.283. The lowest BCUT2D eigenvalue weighted by atomic mass is 9.85. The molecule has 0 radical (unpaired) electrons. The van der Waals surface area contributed by atoms with Gasteiger partial charge >= 0.3 is 0 Å². The van der Waals surface area contributed by atoms with E-state index < -0.39 is 5.60 Å². The lowest BCUT2D eigenvalue weighted by Crippen LogP contribution is -2.45. The number of hydrogen-bond acceptors (Lipinski definition) is 4. The summed E-state index contributed by atoms with van der Waals surface area (Å²) in [6.07, 6.45) is 4.54. The number of ether oxygens (including phenoxy) is 1. The summed E-state index contributed by atoms with van der Waals surface area (Å²) in [5.74, 6) is 0. The second kappa shape index (κ2) is 7.51. The highest BCUT2D eigenvalue weighted by Crippen LogP contribution is 2.32. The summed E-state index contributed by atoms with van der Waals surface area (Å²) >= 11 is 0. The molecule has 0 bridgehead atoms. The quantitative estimate of drug-likeness (QED) is 0.814. The van der Waals surface area contributed by atoms with E-state index >= 15 is 0 Å². The topological polar surface area (TPSA) is 60.2 Å². The van der Waals surface area contributed by atoms with Crippen molar-refractivity contribution in [3.63, 3.8) is 0 Å². The van der Waals surface area contributed by atoms with Crippen LogP contribution in [0.4, 0.5) is 0 Å². The molecule has 0 spiro atoms. The fourth-order valence-electron chi connectivity index (χ4n) is 2.71. The smallest absolute Gasteiger partial charge is 0.137 e. The molecule has 5 heteroatoms. The summed E-state index contributed by atoms with van der Waals surface area (Å²) in [5.41, 5.74) is 0.878. The lowest BCUT2D eigenvalue weighted by molar-refractivity contribution is -0.126. The molecule has 0 aliphatic rings. The molecule has 1 heterocycles. The van der Waals surface area contributed by atoms with Gasteiger partial charge in [-0.1, -0.05) is 43.2 Å². The number of aliphatic hydroxyl groups is 1. The van der Waals surface area contributed by atoms with Crippen molar-refractivity contribution in [2.75, 3.05) is 6.61 Å². The van der Waals surface area contributed by atoms with E-state index in [4.69, 9.17) is 4.74 Å². The second-order valence-electron chi connectivity index (χ2n) is 5.62. The molecule has 0 amide bonds. The highest BCUT2D eigenvalue weighted by atomic mass is 16.5. The van der Waals surface area contributed by atoms with Crippen LogP contribution in [0, 0.1) is 6.92 Å². The van der Waals surface area contributed by atoms with Gasteiger partial charge in [-0.05, 0) is 25.8 Å². The Bertz CT molecular complexity index is 548. The minimum atomic E-state index is -1.13. The Balaban J connectivity index is 2.39. The van der Waals surface area contributed by atoms with Crippen LogP contribution in [0.5, 0.6) is 0 Å². The van der Waals surface area contributed by atoms with Crippen molar-refractivity contribution < 1.29 is 9.84 Å². The number of hydrogen-bond donors (Lipinski definition) is 1. The molecule has 2 atom stereocenters. The van der Waals surface area contributed by atoms with E-state index in [-0.39, 0.29) is 6.10 Å². The Kier molecular flexibility index (Phi) is 5.69. The first-order chi connectivity index (χ1) is 10.6. The van der Waals surface area contributed by atoms with Gasteiger partial charge in [0, 0.05) is 6.61 Å². The molecule has 2 rings (SSSR count). The van der Waals surface area contributed by atoms with Gasteiger partial charge in [0.1, 0.15) is 18.3 Å². The van der Waals surface area contributed by atoms with Crippen LogP contribution < -0.4 is 0 Å². The molecule has 0 aliphatic heterocycles. The van der Waals surface area contributed by atoms with Gasteiger partial charge in [-0.2, -0.15) is 5.10 Å². The van der Waals surface area contributed by atoms with Crippen LogP contribution in [0.3, 0.4) is 0 Å². The molecular weight excluding hydrogens is 278 g/mol. The Morgan fingerprint density at radius 3 is 2.55 bits per heavy atom. The summed E-state index contributed by atoms with van der Waals surface area (Å²) < 4.78 is 7.52. The van der Waals surface area contributed by atoms with Crippen molar-refractivity contribution in [2.24, 2.45) is 0 Å². The van der Waals surface area contributed by atoms with Gasteiger partial charge in [-0.25, -0.2) is 9.67 Å². The van der Waals surface area contributed by atoms with Crippen LogP contribution in [-0.4, -0.2) is 32.6 Å². The molecular formula is C17H25N3O2. The van der Waals surface area contributed by atoms with Crippen LogP contribution in [0.2, 0.25) is 0 Å². The van der Waals surface area contributed by atoms with Crippen molar-refractivity contribution in [3.05, 3.63) is 48.0 Å². The molecule has 1 aromatic heterocycles. The first kappa shape index (κ1) is 16.6. The first-order valence-corrected chi connectivity index (χ1v) is 7.83. The maximum atomic E-state index is 11.5. The SMILES string of the molecule is CCCC(OCC)C(O)(Cn1cncn1)c1ccc(C)cc1. The summed E-state index contributed by atoms with van der Waals surface area (Å²) in [5, 5.41) is 15.6. The van der Waals surface area contributed by atoms with Gasteiger partial charge in [-0.15, -0.1) is 0 Å².